The molecule has 0 radical (unpaired) electrons. The number of aromatic amines is 1. The molecule has 1 heterocycles. The number of rotatable bonds is 5. The van der Waals surface area contributed by atoms with Gasteiger partial charge in [-0.2, -0.15) is 9.78 Å². The highest BCUT2D eigenvalue weighted by Gasteiger charge is 2.15. The topological polar surface area (TPSA) is 77.0 Å². The monoisotopic (exact) mass is 275 g/mol. The third kappa shape index (κ3) is 2.79. The van der Waals surface area contributed by atoms with Gasteiger partial charge in [0.15, 0.2) is 0 Å². The number of unbranched alkanes of at least 4 members (excludes halogenated alkanes) is 1. The van der Waals surface area contributed by atoms with E-state index in [4.69, 9.17) is 4.74 Å². The van der Waals surface area contributed by atoms with Gasteiger partial charge in [0.05, 0.1) is 18.4 Å². The van der Waals surface area contributed by atoms with E-state index in [0.717, 1.165) is 12.8 Å². The molecular formula is C14H17N3O3. The van der Waals surface area contributed by atoms with Crippen LogP contribution in [0.5, 0.6) is 0 Å². The van der Waals surface area contributed by atoms with E-state index in [0.29, 0.717) is 23.5 Å². The lowest BCUT2D eigenvalue weighted by Crippen LogP contribution is -2.19. The Bertz CT molecular complexity index is 658. The second-order valence-electron chi connectivity index (χ2n) is 4.40. The first-order valence-corrected chi connectivity index (χ1v) is 6.53. The second kappa shape index (κ2) is 6.18. The summed E-state index contributed by atoms with van der Waals surface area (Å²) in [4.78, 5) is 26.4. The molecule has 0 spiro atoms. The summed E-state index contributed by atoms with van der Waals surface area (Å²) in [5, 5.41) is 4.24. The summed E-state index contributed by atoms with van der Waals surface area (Å²) in [5.41, 5.74) is 0.376. The Hall–Kier alpha value is -2.37. The van der Waals surface area contributed by atoms with E-state index in [9.17, 15) is 9.59 Å². The van der Waals surface area contributed by atoms with Crippen molar-refractivity contribution in [3.8, 4) is 5.69 Å². The van der Waals surface area contributed by atoms with Crippen molar-refractivity contribution in [2.45, 2.75) is 26.2 Å². The van der Waals surface area contributed by atoms with Crippen molar-refractivity contribution in [1.82, 2.24) is 14.8 Å². The van der Waals surface area contributed by atoms with Gasteiger partial charge in [-0.25, -0.2) is 9.59 Å². The number of aryl methyl sites for hydroxylation is 1. The Labute approximate surface area is 116 Å². The number of ether oxygens (including phenoxy) is 1. The third-order valence-corrected chi connectivity index (χ3v) is 2.97. The van der Waals surface area contributed by atoms with Crippen molar-refractivity contribution in [2.24, 2.45) is 0 Å². The number of methoxy groups -OCH3 is 1. The van der Waals surface area contributed by atoms with Gasteiger partial charge in [-0.3, -0.25) is 4.98 Å². The normalized spacial score (nSPS) is 10.5. The molecule has 6 heteroatoms. The Kier molecular flexibility index (Phi) is 4.34. The quantitative estimate of drug-likeness (QED) is 0.842. The SMILES string of the molecule is CCCCc1nn(-c2ccccc2C(=O)OC)c(=O)[nH]1. The number of hydrogen-bond donors (Lipinski definition) is 1. The fourth-order valence-electron chi connectivity index (χ4n) is 1.93. The lowest BCUT2D eigenvalue weighted by molar-refractivity contribution is 0.0600. The number of aromatic nitrogens is 3. The largest absolute Gasteiger partial charge is 0.465 e. The minimum atomic E-state index is -0.495. The number of nitrogens with zero attached hydrogens (tertiary/aromatic N) is 2. The van der Waals surface area contributed by atoms with Crippen LogP contribution in [0.25, 0.3) is 5.69 Å². The van der Waals surface area contributed by atoms with Crippen molar-refractivity contribution in [2.75, 3.05) is 7.11 Å². The highest BCUT2D eigenvalue weighted by Crippen LogP contribution is 2.13. The van der Waals surface area contributed by atoms with Crippen LogP contribution in [0.15, 0.2) is 29.1 Å². The molecule has 0 aliphatic carbocycles. The van der Waals surface area contributed by atoms with Gasteiger partial charge in [0.2, 0.25) is 0 Å². The maximum Gasteiger partial charge on any atom is 0.348 e. The van der Waals surface area contributed by atoms with E-state index in [2.05, 4.69) is 17.0 Å². The second-order valence-corrected chi connectivity index (χ2v) is 4.40. The molecule has 0 atom stereocenters. The minimum Gasteiger partial charge on any atom is -0.465 e. The van der Waals surface area contributed by atoms with Crippen LogP contribution in [-0.4, -0.2) is 27.8 Å². The molecule has 0 aliphatic heterocycles. The number of carbonyl (C=O) groups excluding carboxylic acids is 1. The van der Waals surface area contributed by atoms with Gasteiger partial charge in [-0.15, -0.1) is 0 Å². The molecule has 20 heavy (non-hydrogen) atoms. The van der Waals surface area contributed by atoms with E-state index < -0.39 is 5.97 Å². The van der Waals surface area contributed by atoms with E-state index >= 15 is 0 Å². The van der Waals surface area contributed by atoms with Crippen molar-refractivity contribution < 1.29 is 9.53 Å². The van der Waals surface area contributed by atoms with E-state index in [-0.39, 0.29) is 5.69 Å². The lowest BCUT2D eigenvalue weighted by Gasteiger charge is -2.05. The number of benzene rings is 1. The van der Waals surface area contributed by atoms with Crippen LogP contribution >= 0.6 is 0 Å². The van der Waals surface area contributed by atoms with Crippen molar-refractivity contribution >= 4 is 5.97 Å². The first kappa shape index (κ1) is 14.0. The molecule has 0 saturated heterocycles. The molecule has 2 aromatic rings. The molecule has 6 nitrogen and oxygen atoms in total. The summed E-state index contributed by atoms with van der Waals surface area (Å²) in [6.45, 7) is 2.07. The summed E-state index contributed by atoms with van der Waals surface area (Å²) in [6.07, 6.45) is 2.68. The van der Waals surface area contributed by atoms with Crippen LogP contribution < -0.4 is 5.69 Å². The molecule has 1 aromatic heterocycles. The fourth-order valence-corrected chi connectivity index (χ4v) is 1.93. The Morgan fingerprint density at radius 2 is 2.15 bits per heavy atom. The lowest BCUT2D eigenvalue weighted by atomic mass is 10.2. The molecule has 0 amide bonds. The van der Waals surface area contributed by atoms with Crippen LogP contribution in [0.3, 0.4) is 0 Å². The van der Waals surface area contributed by atoms with E-state index in [1.807, 2.05) is 0 Å². The highest BCUT2D eigenvalue weighted by atomic mass is 16.5. The zero-order valence-corrected chi connectivity index (χ0v) is 11.5. The van der Waals surface area contributed by atoms with Crippen LogP contribution in [0.1, 0.15) is 35.9 Å². The first-order valence-electron chi connectivity index (χ1n) is 6.53. The molecule has 0 bridgehead atoms. The van der Waals surface area contributed by atoms with Gasteiger partial charge in [0.1, 0.15) is 5.82 Å². The maximum absolute atomic E-state index is 12.0. The fraction of sp³-hybridized carbons (Fsp3) is 0.357. The van der Waals surface area contributed by atoms with Crippen molar-refractivity contribution in [3.63, 3.8) is 0 Å². The maximum atomic E-state index is 12.0. The van der Waals surface area contributed by atoms with Gasteiger partial charge >= 0.3 is 11.7 Å². The molecule has 106 valence electrons. The number of nitrogens with one attached hydrogen (secondary N) is 1. The average molecular weight is 275 g/mol. The van der Waals surface area contributed by atoms with Crippen LogP contribution in [0.2, 0.25) is 0 Å². The summed E-state index contributed by atoms with van der Waals surface area (Å²) in [5.74, 6) is 0.127. The predicted molar refractivity (Wildman–Crippen MR) is 74.1 cm³/mol. The number of H-pyrrole nitrogens is 1. The number of para-hydroxylation sites is 1. The predicted octanol–water partition coefficient (Wildman–Crippen LogP) is 1.69. The van der Waals surface area contributed by atoms with Crippen molar-refractivity contribution in [1.29, 1.82) is 0 Å². The molecule has 1 N–H and O–H groups in total. The summed E-state index contributed by atoms with van der Waals surface area (Å²) in [7, 11) is 1.30. The number of carbonyl (C=O) groups is 1. The molecule has 0 aliphatic rings. The number of esters is 1. The van der Waals surface area contributed by atoms with Gasteiger partial charge in [0.25, 0.3) is 0 Å². The van der Waals surface area contributed by atoms with Gasteiger partial charge in [-0.1, -0.05) is 25.5 Å². The molecular weight excluding hydrogens is 258 g/mol. The van der Waals surface area contributed by atoms with Crippen molar-refractivity contribution in [3.05, 3.63) is 46.1 Å². The summed E-state index contributed by atoms with van der Waals surface area (Å²) >= 11 is 0. The summed E-state index contributed by atoms with van der Waals surface area (Å²) < 4.78 is 5.92. The molecule has 0 fully saturated rings. The van der Waals surface area contributed by atoms with E-state index in [1.54, 1.807) is 24.3 Å². The Balaban J connectivity index is 2.44. The zero-order valence-electron chi connectivity index (χ0n) is 11.5. The van der Waals surface area contributed by atoms with Gasteiger partial charge < -0.3 is 4.74 Å². The average Bonchev–Trinajstić information content (AvgIpc) is 2.85. The minimum absolute atomic E-state index is 0.311. The molecule has 0 unspecified atom stereocenters. The zero-order chi connectivity index (χ0) is 14.5. The first-order chi connectivity index (χ1) is 9.67. The van der Waals surface area contributed by atoms with Crippen LogP contribution in [0, 0.1) is 0 Å². The summed E-state index contributed by atoms with van der Waals surface area (Å²) in [6, 6.07) is 6.73. The molecule has 2 rings (SSSR count). The van der Waals surface area contributed by atoms with E-state index in [1.165, 1.54) is 11.8 Å². The Morgan fingerprint density at radius 1 is 1.40 bits per heavy atom. The van der Waals surface area contributed by atoms with Gasteiger partial charge in [-0.05, 0) is 18.6 Å². The third-order valence-electron chi connectivity index (χ3n) is 2.97. The van der Waals surface area contributed by atoms with Gasteiger partial charge in [0, 0.05) is 6.42 Å². The smallest absolute Gasteiger partial charge is 0.348 e. The standard InChI is InChI=1S/C14H17N3O3/c1-3-4-9-12-15-14(19)17(16-12)11-8-6-5-7-10(11)13(18)20-2/h5-8H,3-4,9H2,1-2H3,(H,15,16,19). The number of hydrogen-bond acceptors (Lipinski definition) is 4. The molecule has 0 saturated carbocycles. The molecule has 1 aromatic carbocycles. The highest BCUT2D eigenvalue weighted by molar-refractivity contribution is 5.93. The van der Waals surface area contributed by atoms with Crippen LogP contribution in [0.4, 0.5) is 0 Å². The van der Waals surface area contributed by atoms with Crippen LogP contribution in [-0.2, 0) is 11.2 Å². The Morgan fingerprint density at radius 3 is 2.85 bits per heavy atom.